The number of aliphatic carboxylic acids is 1. The van der Waals surface area contributed by atoms with E-state index >= 15 is 0 Å². The van der Waals surface area contributed by atoms with Crippen LogP contribution in [0.4, 0.5) is 4.39 Å². The molecule has 0 unspecified atom stereocenters. The van der Waals surface area contributed by atoms with Gasteiger partial charge in [-0.05, 0) is 30.3 Å². The number of benzene rings is 2. The van der Waals surface area contributed by atoms with E-state index < -0.39 is 18.4 Å². The first-order valence-corrected chi connectivity index (χ1v) is 7.83. The van der Waals surface area contributed by atoms with Crippen molar-refractivity contribution in [2.45, 2.75) is 6.61 Å². The van der Waals surface area contributed by atoms with E-state index in [-0.39, 0.29) is 18.1 Å². The summed E-state index contributed by atoms with van der Waals surface area (Å²) in [4.78, 5) is 10.4. The fourth-order valence-corrected chi connectivity index (χ4v) is 2.28. The zero-order valence-corrected chi connectivity index (χ0v) is 14.1. The third-order valence-corrected chi connectivity index (χ3v) is 3.49. The first-order chi connectivity index (χ1) is 12.5. The van der Waals surface area contributed by atoms with Crippen LogP contribution in [-0.4, -0.2) is 32.7 Å². The SMILES string of the molecule is O=C(O)COc1ccc(OCc2cn(-c3cccc(Cl)c3)nn2)cc1F. The highest BCUT2D eigenvalue weighted by Crippen LogP contribution is 2.23. The molecule has 1 N–H and O–H groups in total. The highest BCUT2D eigenvalue weighted by Gasteiger charge is 2.09. The van der Waals surface area contributed by atoms with Gasteiger partial charge in [-0.15, -0.1) is 5.10 Å². The number of carboxylic acids is 1. The molecule has 0 fully saturated rings. The minimum absolute atomic E-state index is 0.0787. The molecule has 0 aliphatic rings. The summed E-state index contributed by atoms with van der Waals surface area (Å²) in [5.41, 5.74) is 1.29. The fourth-order valence-electron chi connectivity index (χ4n) is 2.09. The van der Waals surface area contributed by atoms with Crippen LogP contribution in [0.5, 0.6) is 11.5 Å². The number of ether oxygens (including phenoxy) is 2. The van der Waals surface area contributed by atoms with Crippen LogP contribution in [0, 0.1) is 5.82 Å². The van der Waals surface area contributed by atoms with Gasteiger partial charge in [-0.1, -0.05) is 22.9 Å². The maximum absolute atomic E-state index is 13.8. The second kappa shape index (κ2) is 7.83. The number of aromatic nitrogens is 3. The summed E-state index contributed by atoms with van der Waals surface area (Å²) < 4.78 is 25.7. The highest BCUT2D eigenvalue weighted by atomic mass is 35.5. The molecule has 0 spiro atoms. The van der Waals surface area contributed by atoms with E-state index in [9.17, 15) is 9.18 Å². The molecular weight excluding hydrogens is 365 g/mol. The van der Waals surface area contributed by atoms with Gasteiger partial charge in [0.25, 0.3) is 0 Å². The molecule has 0 bridgehead atoms. The van der Waals surface area contributed by atoms with Gasteiger partial charge < -0.3 is 14.6 Å². The van der Waals surface area contributed by atoms with Crippen LogP contribution in [0.3, 0.4) is 0 Å². The minimum atomic E-state index is -1.19. The summed E-state index contributed by atoms with van der Waals surface area (Å²) in [6.07, 6.45) is 1.67. The Labute approximate surface area is 152 Å². The Balaban J connectivity index is 1.62. The number of carbonyl (C=O) groups is 1. The maximum atomic E-state index is 13.8. The van der Waals surface area contributed by atoms with Crippen LogP contribution in [0.25, 0.3) is 5.69 Å². The van der Waals surface area contributed by atoms with Crippen LogP contribution >= 0.6 is 11.6 Å². The summed E-state index contributed by atoms with van der Waals surface area (Å²) in [6.45, 7) is -0.543. The minimum Gasteiger partial charge on any atom is -0.487 e. The molecule has 3 aromatic rings. The van der Waals surface area contributed by atoms with Gasteiger partial charge in [0.2, 0.25) is 0 Å². The van der Waals surface area contributed by atoms with Gasteiger partial charge in [0.1, 0.15) is 18.1 Å². The molecule has 0 aliphatic carbocycles. The Bertz CT molecular complexity index is 932. The van der Waals surface area contributed by atoms with Crippen molar-refractivity contribution in [3.8, 4) is 17.2 Å². The van der Waals surface area contributed by atoms with Crippen LogP contribution in [0.1, 0.15) is 5.69 Å². The maximum Gasteiger partial charge on any atom is 0.341 e. The average molecular weight is 378 g/mol. The zero-order chi connectivity index (χ0) is 18.5. The number of hydrogen-bond donors (Lipinski definition) is 1. The van der Waals surface area contributed by atoms with E-state index in [1.807, 2.05) is 6.07 Å². The summed E-state index contributed by atoms with van der Waals surface area (Å²) >= 11 is 5.95. The van der Waals surface area contributed by atoms with Crippen molar-refractivity contribution in [3.63, 3.8) is 0 Å². The molecule has 7 nitrogen and oxygen atoms in total. The second-order valence-corrected chi connectivity index (χ2v) is 5.63. The normalized spacial score (nSPS) is 10.5. The number of carboxylic acid groups (broad SMARTS) is 1. The van der Waals surface area contributed by atoms with E-state index in [0.717, 1.165) is 11.8 Å². The van der Waals surface area contributed by atoms with E-state index in [1.165, 1.54) is 12.1 Å². The Morgan fingerprint density at radius 3 is 2.81 bits per heavy atom. The monoisotopic (exact) mass is 377 g/mol. The summed E-state index contributed by atoms with van der Waals surface area (Å²) in [5, 5.41) is 17.1. The standard InChI is InChI=1S/C17H13ClFN3O4/c18-11-2-1-3-13(6-11)22-8-12(20-21-22)9-25-14-4-5-16(15(19)7-14)26-10-17(23)24/h1-8H,9-10H2,(H,23,24). The van der Waals surface area contributed by atoms with Crippen molar-refractivity contribution in [2.24, 2.45) is 0 Å². The van der Waals surface area contributed by atoms with Crippen LogP contribution in [0.2, 0.25) is 5.02 Å². The molecule has 1 heterocycles. The Morgan fingerprint density at radius 1 is 1.23 bits per heavy atom. The van der Waals surface area contributed by atoms with Crippen LogP contribution in [0.15, 0.2) is 48.7 Å². The van der Waals surface area contributed by atoms with Crippen molar-refractivity contribution in [1.29, 1.82) is 0 Å². The van der Waals surface area contributed by atoms with Gasteiger partial charge in [0, 0.05) is 11.1 Å². The predicted molar refractivity (Wildman–Crippen MR) is 90.2 cm³/mol. The Morgan fingerprint density at radius 2 is 2.08 bits per heavy atom. The van der Waals surface area contributed by atoms with Crippen LogP contribution in [-0.2, 0) is 11.4 Å². The lowest BCUT2D eigenvalue weighted by Gasteiger charge is -2.07. The topological polar surface area (TPSA) is 86.5 Å². The lowest BCUT2D eigenvalue weighted by Crippen LogP contribution is -2.10. The molecule has 1 aromatic heterocycles. The molecule has 0 saturated carbocycles. The summed E-state index contributed by atoms with van der Waals surface area (Å²) in [6, 6.07) is 11.0. The van der Waals surface area contributed by atoms with Crippen molar-refractivity contribution < 1.29 is 23.8 Å². The first kappa shape index (κ1) is 17.7. The largest absolute Gasteiger partial charge is 0.487 e. The summed E-state index contributed by atoms with van der Waals surface area (Å²) in [5.74, 6) is -1.81. The average Bonchev–Trinajstić information content (AvgIpc) is 3.08. The lowest BCUT2D eigenvalue weighted by atomic mass is 10.3. The molecule has 0 aliphatic heterocycles. The third kappa shape index (κ3) is 4.48. The molecule has 134 valence electrons. The van der Waals surface area contributed by atoms with E-state index in [2.05, 4.69) is 10.3 Å². The lowest BCUT2D eigenvalue weighted by molar-refractivity contribution is -0.139. The fraction of sp³-hybridized carbons (Fsp3) is 0.118. The Hall–Kier alpha value is -3.13. The molecule has 2 aromatic carbocycles. The molecule has 0 atom stereocenters. The Kier molecular flexibility index (Phi) is 5.33. The molecular formula is C17H13ClFN3O4. The van der Waals surface area contributed by atoms with Gasteiger partial charge in [-0.2, -0.15) is 0 Å². The van der Waals surface area contributed by atoms with Gasteiger partial charge in [-0.25, -0.2) is 13.9 Å². The number of rotatable bonds is 7. The molecule has 0 radical (unpaired) electrons. The predicted octanol–water partition coefficient (Wildman–Crippen LogP) is 3.10. The third-order valence-electron chi connectivity index (χ3n) is 3.25. The first-order valence-electron chi connectivity index (χ1n) is 7.45. The zero-order valence-electron chi connectivity index (χ0n) is 13.3. The van der Waals surface area contributed by atoms with Gasteiger partial charge >= 0.3 is 5.97 Å². The van der Waals surface area contributed by atoms with E-state index in [0.29, 0.717) is 10.7 Å². The molecule has 3 rings (SSSR count). The second-order valence-electron chi connectivity index (χ2n) is 5.20. The van der Waals surface area contributed by atoms with E-state index in [1.54, 1.807) is 29.1 Å². The van der Waals surface area contributed by atoms with Crippen molar-refractivity contribution in [2.75, 3.05) is 6.61 Å². The highest BCUT2D eigenvalue weighted by molar-refractivity contribution is 6.30. The smallest absolute Gasteiger partial charge is 0.341 e. The van der Waals surface area contributed by atoms with E-state index in [4.69, 9.17) is 26.2 Å². The van der Waals surface area contributed by atoms with Gasteiger partial charge in [0.05, 0.1) is 11.9 Å². The van der Waals surface area contributed by atoms with Crippen LogP contribution < -0.4 is 9.47 Å². The van der Waals surface area contributed by atoms with Gasteiger partial charge in [0.15, 0.2) is 18.2 Å². The number of halogens is 2. The molecule has 0 saturated heterocycles. The van der Waals surface area contributed by atoms with Crippen molar-refractivity contribution in [1.82, 2.24) is 15.0 Å². The van der Waals surface area contributed by atoms with Crippen molar-refractivity contribution in [3.05, 3.63) is 65.2 Å². The quantitative estimate of drug-likeness (QED) is 0.680. The molecule has 26 heavy (non-hydrogen) atoms. The molecule has 0 amide bonds. The van der Waals surface area contributed by atoms with Crippen molar-refractivity contribution >= 4 is 17.6 Å². The molecule has 9 heteroatoms. The number of hydrogen-bond acceptors (Lipinski definition) is 5. The number of nitrogens with zero attached hydrogens (tertiary/aromatic N) is 3. The summed E-state index contributed by atoms with van der Waals surface area (Å²) in [7, 11) is 0. The van der Waals surface area contributed by atoms with Gasteiger partial charge in [-0.3, -0.25) is 0 Å².